The van der Waals surface area contributed by atoms with E-state index >= 15 is 0 Å². The van der Waals surface area contributed by atoms with Gasteiger partial charge in [-0.3, -0.25) is 4.79 Å². The molecule has 1 aliphatic heterocycles. The van der Waals surface area contributed by atoms with Crippen molar-refractivity contribution in [1.82, 2.24) is 15.3 Å². The number of halogens is 1. The second-order valence-corrected chi connectivity index (χ2v) is 5.83. The van der Waals surface area contributed by atoms with Gasteiger partial charge in [0, 0.05) is 12.0 Å². The van der Waals surface area contributed by atoms with Gasteiger partial charge >= 0.3 is 0 Å². The maximum absolute atomic E-state index is 12.7. The van der Waals surface area contributed by atoms with Crippen molar-refractivity contribution >= 4 is 28.5 Å². The van der Waals surface area contributed by atoms with Crippen LogP contribution in [0.5, 0.6) is 5.75 Å². The van der Waals surface area contributed by atoms with Gasteiger partial charge in [0.2, 0.25) is 0 Å². The van der Waals surface area contributed by atoms with Gasteiger partial charge in [-0.2, -0.15) is 0 Å². The number of nitrogens with one attached hydrogen (secondary N) is 2. The standard InChI is InChI=1S/C17H14ClN3O2/c18-12-5-1-3-10-13(7-8-23-16(10)12)21-17(22)11-4-2-6-14-15(11)20-9-19-14/h1-6,9,13H,7-8H2,(H,19,20)(H,21,22). The molecule has 1 aliphatic rings. The molecule has 116 valence electrons. The highest BCUT2D eigenvalue weighted by Crippen LogP contribution is 2.37. The number of carbonyl (C=O) groups is 1. The van der Waals surface area contributed by atoms with E-state index < -0.39 is 0 Å². The first-order chi connectivity index (χ1) is 11.2. The number of aromatic nitrogens is 2. The number of benzene rings is 2. The lowest BCUT2D eigenvalue weighted by Gasteiger charge is -2.27. The number of rotatable bonds is 2. The van der Waals surface area contributed by atoms with Crippen molar-refractivity contribution < 1.29 is 9.53 Å². The fourth-order valence-corrected chi connectivity index (χ4v) is 3.16. The number of fused-ring (bicyclic) bond motifs is 2. The molecule has 3 aromatic rings. The van der Waals surface area contributed by atoms with Crippen molar-refractivity contribution in [1.29, 1.82) is 0 Å². The van der Waals surface area contributed by atoms with E-state index in [-0.39, 0.29) is 11.9 Å². The molecule has 1 atom stereocenters. The van der Waals surface area contributed by atoms with Crippen LogP contribution in [-0.2, 0) is 0 Å². The van der Waals surface area contributed by atoms with Crippen molar-refractivity contribution in [2.45, 2.75) is 12.5 Å². The van der Waals surface area contributed by atoms with Crippen LogP contribution in [0, 0.1) is 0 Å². The van der Waals surface area contributed by atoms with Gasteiger partial charge < -0.3 is 15.0 Å². The summed E-state index contributed by atoms with van der Waals surface area (Å²) in [5.74, 6) is 0.504. The van der Waals surface area contributed by atoms with Crippen LogP contribution in [0.25, 0.3) is 11.0 Å². The normalized spacial score (nSPS) is 16.7. The molecule has 0 fully saturated rings. The molecule has 2 heterocycles. The minimum absolute atomic E-state index is 0.126. The number of aromatic amines is 1. The summed E-state index contributed by atoms with van der Waals surface area (Å²) < 4.78 is 5.63. The lowest BCUT2D eigenvalue weighted by Crippen LogP contribution is -2.32. The zero-order chi connectivity index (χ0) is 15.8. The Morgan fingerprint density at radius 3 is 3.09 bits per heavy atom. The molecular weight excluding hydrogens is 314 g/mol. The Labute approximate surface area is 137 Å². The third-order valence-corrected chi connectivity index (χ3v) is 4.32. The van der Waals surface area contributed by atoms with E-state index in [0.29, 0.717) is 34.9 Å². The van der Waals surface area contributed by atoms with Gasteiger partial charge in [0.25, 0.3) is 5.91 Å². The van der Waals surface area contributed by atoms with E-state index in [4.69, 9.17) is 16.3 Å². The number of hydrogen-bond acceptors (Lipinski definition) is 3. The first kappa shape index (κ1) is 14.1. The van der Waals surface area contributed by atoms with Crippen molar-refractivity contribution in [3.8, 4) is 5.75 Å². The minimum atomic E-state index is -0.152. The van der Waals surface area contributed by atoms with Crippen molar-refractivity contribution in [3.63, 3.8) is 0 Å². The lowest BCUT2D eigenvalue weighted by molar-refractivity contribution is 0.0926. The molecule has 6 heteroatoms. The minimum Gasteiger partial charge on any atom is -0.492 e. The van der Waals surface area contributed by atoms with E-state index in [1.54, 1.807) is 18.5 Å². The highest BCUT2D eigenvalue weighted by atomic mass is 35.5. The number of imidazole rings is 1. The number of ether oxygens (including phenoxy) is 1. The summed E-state index contributed by atoms with van der Waals surface area (Å²) in [6.45, 7) is 0.522. The van der Waals surface area contributed by atoms with E-state index in [1.165, 1.54) is 0 Å². The summed E-state index contributed by atoms with van der Waals surface area (Å²) in [4.78, 5) is 19.9. The topological polar surface area (TPSA) is 67.0 Å². The third kappa shape index (κ3) is 2.43. The summed E-state index contributed by atoms with van der Waals surface area (Å²) in [7, 11) is 0. The molecule has 2 N–H and O–H groups in total. The molecule has 0 saturated carbocycles. The Morgan fingerprint density at radius 2 is 2.17 bits per heavy atom. The Balaban J connectivity index is 1.66. The number of para-hydroxylation sites is 2. The Bertz CT molecular complexity index is 890. The molecule has 0 bridgehead atoms. The maximum Gasteiger partial charge on any atom is 0.254 e. The van der Waals surface area contributed by atoms with Crippen molar-refractivity contribution in [2.24, 2.45) is 0 Å². The zero-order valence-corrected chi connectivity index (χ0v) is 12.9. The Morgan fingerprint density at radius 1 is 1.30 bits per heavy atom. The number of H-pyrrole nitrogens is 1. The predicted octanol–water partition coefficient (Wildman–Crippen LogP) is 3.47. The monoisotopic (exact) mass is 327 g/mol. The van der Waals surface area contributed by atoms with Gasteiger partial charge in [-0.05, 0) is 18.2 Å². The van der Waals surface area contributed by atoms with Crippen LogP contribution in [0.15, 0.2) is 42.7 Å². The van der Waals surface area contributed by atoms with Crippen LogP contribution < -0.4 is 10.1 Å². The molecule has 5 nitrogen and oxygen atoms in total. The first-order valence-corrected chi connectivity index (χ1v) is 7.76. The van der Waals surface area contributed by atoms with Gasteiger partial charge in [-0.1, -0.05) is 29.8 Å². The van der Waals surface area contributed by atoms with E-state index in [2.05, 4.69) is 15.3 Å². The number of nitrogens with zero attached hydrogens (tertiary/aromatic N) is 1. The van der Waals surface area contributed by atoms with Crippen LogP contribution >= 0.6 is 11.6 Å². The molecular formula is C17H14ClN3O2. The summed E-state index contributed by atoms with van der Waals surface area (Å²) in [6, 6.07) is 11.0. The first-order valence-electron chi connectivity index (χ1n) is 7.38. The van der Waals surface area contributed by atoms with Crippen molar-refractivity contribution in [3.05, 3.63) is 58.9 Å². The summed E-state index contributed by atoms with van der Waals surface area (Å²) in [5.41, 5.74) is 2.97. The van der Waals surface area contributed by atoms with Gasteiger partial charge in [0.1, 0.15) is 11.3 Å². The van der Waals surface area contributed by atoms with Gasteiger partial charge in [0.05, 0.1) is 35.1 Å². The second kappa shape index (κ2) is 5.59. The van der Waals surface area contributed by atoms with E-state index in [9.17, 15) is 4.79 Å². The lowest BCUT2D eigenvalue weighted by atomic mass is 10.00. The molecule has 0 saturated heterocycles. The fourth-order valence-electron chi connectivity index (χ4n) is 2.92. The molecule has 23 heavy (non-hydrogen) atoms. The van der Waals surface area contributed by atoms with Gasteiger partial charge in [0.15, 0.2) is 0 Å². The summed E-state index contributed by atoms with van der Waals surface area (Å²) >= 11 is 6.17. The Hall–Kier alpha value is -2.53. The maximum atomic E-state index is 12.7. The Kier molecular flexibility index (Phi) is 3.42. The molecule has 4 rings (SSSR count). The summed E-state index contributed by atoms with van der Waals surface area (Å²) in [5, 5.41) is 3.63. The molecule has 1 unspecified atom stereocenters. The zero-order valence-electron chi connectivity index (χ0n) is 12.2. The van der Waals surface area contributed by atoms with Crippen LogP contribution in [-0.4, -0.2) is 22.5 Å². The molecule has 1 aromatic heterocycles. The summed E-state index contributed by atoms with van der Waals surface area (Å²) in [6.07, 6.45) is 2.29. The second-order valence-electron chi connectivity index (χ2n) is 5.43. The fraction of sp³-hybridized carbons (Fsp3) is 0.176. The average Bonchev–Trinajstić information content (AvgIpc) is 3.04. The molecule has 2 aromatic carbocycles. The molecule has 0 radical (unpaired) electrons. The SMILES string of the molecule is O=C(NC1CCOc2c(Cl)cccc21)c1cccc2[nH]cnc12. The van der Waals surface area contributed by atoms with Crippen LogP contribution in [0.4, 0.5) is 0 Å². The molecule has 1 amide bonds. The average molecular weight is 328 g/mol. The van der Waals surface area contributed by atoms with Crippen LogP contribution in [0.1, 0.15) is 28.4 Å². The third-order valence-electron chi connectivity index (χ3n) is 4.03. The highest BCUT2D eigenvalue weighted by Gasteiger charge is 2.25. The number of amides is 1. The number of carbonyl (C=O) groups excluding carboxylic acids is 1. The number of hydrogen-bond donors (Lipinski definition) is 2. The van der Waals surface area contributed by atoms with Gasteiger partial charge in [-0.15, -0.1) is 0 Å². The predicted molar refractivity (Wildman–Crippen MR) is 87.9 cm³/mol. The smallest absolute Gasteiger partial charge is 0.254 e. The molecule has 0 spiro atoms. The van der Waals surface area contributed by atoms with Gasteiger partial charge in [-0.25, -0.2) is 4.98 Å². The molecule has 0 aliphatic carbocycles. The largest absolute Gasteiger partial charge is 0.492 e. The van der Waals surface area contributed by atoms with E-state index in [0.717, 1.165) is 11.1 Å². The highest BCUT2D eigenvalue weighted by molar-refractivity contribution is 6.32. The van der Waals surface area contributed by atoms with Crippen molar-refractivity contribution in [2.75, 3.05) is 6.61 Å². The van der Waals surface area contributed by atoms with Crippen LogP contribution in [0.3, 0.4) is 0 Å². The quantitative estimate of drug-likeness (QED) is 0.757. The van der Waals surface area contributed by atoms with Crippen LogP contribution in [0.2, 0.25) is 5.02 Å². The van der Waals surface area contributed by atoms with E-state index in [1.807, 2.05) is 24.3 Å².